The first-order chi connectivity index (χ1) is 7.36. The van der Waals surface area contributed by atoms with Crippen LogP contribution in [0.15, 0.2) is 0 Å². The maximum atomic E-state index is 11.8. The van der Waals surface area contributed by atoms with Crippen LogP contribution in [0.3, 0.4) is 0 Å². The first kappa shape index (κ1) is 12.5. The molecule has 0 aromatic carbocycles. The van der Waals surface area contributed by atoms with Crippen LogP contribution in [0.5, 0.6) is 0 Å². The highest BCUT2D eigenvalue weighted by Crippen LogP contribution is 2.30. The van der Waals surface area contributed by atoms with Gasteiger partial charge >= 0.3 is 11.9 Å². The highest BCUT2D eigenvalue weighted by atomic mass is 16.4. The van der Waals surface area contributed by atoms with E-state index >= 15 is 0 Å². The van der Waals surface area contributed by atoms with E-state index in [1.54, 1.807) is 0 Å². The maximum Gasteiger partial charge on any atom is 0.326 e. The van der Waals surface area contributed by atoms with Gasteiger partial charge in [0.15, 0.2) is 0 Å². The summed E-state index contributed by atoms with van der Waals surface area (Å²) in [5.41, 5.74) is 0. The third-order valence-electron chi connectivity index (χ3n) is 2.71. The third kappa shape index (κ3) is 2.50. The average Bonchev–Trinajstić information content (AvgIpc) is 3.00. The van der Waals surface area contributed by atoms with Gasteiger partial charge in [0.1, 0.15) is 12.0 Å². The van der Waals surface area contributed by atoms with Crippen LogP contribution >= 0.6 is 0 Å². The molecule has 0 bridgehead atoms. The van der Waals surface area contributed by atoms with Crippen molar-refractivity contribution >= 4 is 17.8 Å². The molecular formula is C10H15NO5. The number of hydrogen-bond donors (Lipinski definition) is 2. The molecule has 6 heteroatoms. The molecule has 0 heterocycles. The van der Waals surface area contributed by atoms with E-state index in [1.807, 2.05) is 0 Å². The number of nitrogens with zero attached hydrogens (tertiary/aromatic N) is 1. The summed E-state index contributed by atoms with van der Waals surface area (Å²) in [5.74, 6) is -4.15. The molecular weight excluding hydrogens is 214 g/mol. The van der Waals surface area contributed by atoms with Crippen LogP contribution in [0, 0.1) is 5.92 Å². The molecule has 16 heavy (non-hydrogen) atoms. The van der Waals surface area contributed by atoms with Gasteiger partial charge in [-0.2, -0.15) is 0 Å². The van der Waals surface area contributed by atoms with Gasteiger partial charge in [0, 0.05) is 6.04 Å². The fraction of sp³-hybridized carbons (Fsp3) is 0.700. The van der Waals surface area contributed by atoms with Crippen LogP contribution < -0.4 is 0 Å². The smallest absolute Gasteiger partial charge is 0.326 e. The zero-order valence-corrected chi connectivity index (χ0v) is 9.21. The Balaban J connectivity index is 2.81. The Labute approximate surface area is 92.9 Å². The first-order valence-electron chi connectivity index (χ1n) is 5.14. The summed E-state index contributed by atoms with van der Waals surface area (Å²) in [6.07, 6.45) is 1.49. The summed E-state index contributed by atoms with van der Waals surface area (Å²) in [6, 6.07) is -1.08. The van der Waals surface area contributed by atoms with E-state index in [4.69, 9.17) is 10.2 Å². The lowest BCUT2D eigenvalue weighted by Gasteiger charge is -2.27. The van der Waals surface area contributed by atoms with Crippen LogP contribution in [-0.4, -0.2) is 45.0 Å². The van der Waals surface area contributed by atoms with Crippen molar-refractivity contribution in [2.75, 3.05) is 0 Å². The number of hydrogen-bond acceptors (Lipinski definition) is 3. The Morgan fingerprint density at radius 1 is 1.12 bits per heavy atom. The van der Waals surface area contributed by atoms with E-state index in [0.29, 0.717) is 0 Å². The van der Waals surface area contributed by atoms with Crippen molar-refractivity contribution in [3.63, 3.8) is 0 Å². The lowest BCUT2D eigenvalue weighted by molar-refractivity contribution is -0.157. The van der Waals surface area contributed by atoms with Gasteiger partial charge in [-0.25, -0.2) is 4.79 Å². The van der Waals surface area contributed by atoms with Crippen molar-refractivity contribution in [2.24, 2.45) is 5.92 Å². The van der Waals surface area contributed by atoms with Gasteiger partial charge in [-0.3, -0.25) is 9.59 Å². The van der Waals surface area contributed by atoms with E-state index in [1.165, 1.54) is 18.7 Å². The number of aliphatic carboxylic acids is 2. The van der Waals surface area contributed by atoms with Crippen molar-refractivity contribution in [3.05, 3.63) is 0 Å². The molecule has 0 radical (unpaired) electrons. The summed E-state index contributed by atoms with van der Waals surface area (Å²) in [6.45, 7) is 2.67. The number of amides is 1. The van der Waals surface area contributed by atoms with Gasteiger partial charge in [-0.05, 0) is 26.7 Å². The molecule has 0 spiro atoms. The first-order valence-corrected chi connectivity index (χ1v) is 5.14. The highest BCUT2D eigenvalue weighted by molar-refractivity contribution is 5.98. The van der Waals surface area contributed by atoms with Crippen molar-refractivity contribution in [2.45, 2.75) is 38.8 Å². The number of rotatable bonds is 5. The molecule has 0 aromatic heterocycles. The lowest BCUT2D eigenvalue weighted by Crippen LogP contribution is -2.48. The van der Waals surface area contributed by atoms with Gasteiger partial charge in [-0.1, -0.05) is 0 Å². The minimum atomic E-state index is -1.23. The Bertz CT molecular complexity index is 323. The molecule has 2 N–H and O–H groups in total. The number of carboxylic acids is 2. The van der Waals surface area contributed by atoms with Crippen molar-refractivity contribution < 1.29 is 24.6 Å². The van der Waals surface area contributed by atoms with Crippen LogP contribution in [0.25, 0.3) is 0 Å². The molecule has 0 aromatic rings. The SMILES string of the molecule is CC(C(=O)O)C(=O)N(C1CC1)C(C)C(=O)O. The fourth-order valence-electron chi connectivity index (χ4n) is 1.49. The molecule has 1 aliphatic carbocycles. The van der Waals surface area contributed by atoms with Crippen LogP contribution in [0.1, 0.15) is 26.7 Å². The normalized spacial score (nSPS) is 18.6. The second-order valence-electron chi connectivity index (χ2n) is 4.05. The van der Waals surface area contributed by atoms with Crippen LogP contribution in [-0.2, 0) is 14.4 Å². The van der Waals surface area contributed by atoms with Gasteiger partial charge in [0.05, 0.1) is 0 Å². The number of carbonyl (C=O) groups is 3. The van der Waals surface area contributed by atoms with Crippen LogP contribution in [0.4, 0.5) is 0 Å². The molecule has 1 fully saturated rings. The average molecular weight is 229 g/mol. The summed E-state index contributed by atoms with van der Waals surface area (Å²) in [5, 5.41) is 17.6. The second-order valence-corrected chi connectivity index (χ2v) is 4.05. The largest absolute Gasteiger partial charge is 0.481 e. The second kappa shape index (κ2) is 4.51. The predicted octanol–water partition coefficient (Wildman–Crippen LogP) is 0.171. The summed E-state index contributed by atoms with van der Waals surface area (Å²) in [4.78, 5) is 34.5. The Hall–Kier alpha value is -1.59. The Morgan fingerprint density at radius 2 is 1.62 bits per heavy atom. The third-order valence-corrected chi connectivity index (χ3v) is 2.71. The Kier molecular flexibility index (Phi) is 3.51. The molecule has 6 nitrogen and oxygen atoms in total. The van der Waals surface area contributed by atoms with Crippen molar-refractivity contribution in [1.29, 1.82) is 0 Å². The topological polar surface area (TPSA) is 94.9 Å². The summed E-state index contributed by atoms with van der Waals surface area (Å²) >= 11 is 0. The van der Waals surface area contributed by atoms with E-state index in [2.05, 4.69) is 0 Å². The van der Waals surface area contributed by atoms with Crippen LogP contribution in [0.2, 0.25) is 0 Å². The minimum Gasteiger partial charge on any atom is -0.481 e. The molecule has 1 saturated carbocycles. The van der Waals surface area contributed by atoms with Gasteiger partial charge in [-0.15, -0.1) is 0 Å². The molecule has 1 aliphatic rings. The standard InChI is InChI=1S/C10H15NO5/c1-5(9(13)14)8(12)11(7-3-4-7)6(2)10(15)16/h5-7H,3-4H2,1-2H3,(H,13,14)(H,15,16). The maximum absolute atomic E-state index is 11.8. The Morgan fingerprint density at radius 3 is 1.94 bits per heavy atom. The van der Waals surface area contributed by atoms with E-state index in [-0.39, 0.29) is 6.04 Å². The highest BCUT2D eigenvalue weighted by Gasteiger charge is 2.41. The quantitative estimate of drug-likeness (QED) is 0.655. The molecule has 1 amide bonds. The predicted molar refractivity (Wildman–Crippen MR) is 53.8 cm³/mol. The lowest BCUT2D eigenvalue weighted by atomic mass is 10.1. The van der Waals surface area contributed by atoms with E-state index < -0.39 is 29.8 Å². The zero-order valence-electron chi connectivity index (χ0n) is 9.21. The number of carbonyl (C=O) groups excluding carboxylic acids is 1. The van der Waals surface area contributed by atoms with Crippen molar-refractivity contribution in [1.82, 2.24) is 4.90 Å². The monoisotopic (exact) mass is 229 g/mol. The zero-order chi connectivity index (χ0) is 12.5. The molecule has 0 saturated heterocycles. The van der Waals surface area contributed by atoms with Gasteiger partial charge < -0.3 is 15.1 Å². The summed E-state index contributed by atoms with van der Waals surface area (Å²) in [7, 11) is 0. The minimum absolute atomic E-state index is 0.111. The van der Waals surface area contributed by atoms with E-state index in [0.717, 1.165) is 12.8 Å². The van der Waals surface area contributed by atoms with Gasteiger partial charge in [0.25, 0.3) is 0 Å². The molecule has 2 unspecified atom stereocenters. The summed E-state index contributed by atoms with van der Waals surface area (Å²) < 4.78 is 0. The van der Waals surface area contributed by atoms with Gasteiger partial charge in [0.2, 0.25) is 5.91 Å². The molecule has 90 valence electrons. The fourth-order valence-corrected chi connectivity index (χ4v) is 1.49. The van der Waals surface area contributed by atoms with Crippen molar-refractivity contribution in [3.8, 4) is 0 Å². The van der Waals surface area contributed by atoms with E-state index in [9.17, 15) is 14.4 Å². The molecule has 0 aliphatic heterocycles. The molecule has 2 atom stereocenters. The molecule has 1 rings (SSSR count). The number of carboxylic acid groups (broad SMARTS) is 2.